The van der Waals surface area contributed by atoms with Crippen molar-refractivity contribution in [2.45, 2.75) is 13.0 Å². The van der Waals surface area contributed by atoms with E-state index in [0.717, 1.165) is 5.56 Å². The Balaban J connectivity index is 2.13. The summed E-state index contributed by atoms with van der Waals surface area (Å²) in [6, 6.07) is 14.9. The summed E-state index contributed by atoms with van der Waals surface area (Å²) >= 11 is 0. The quantitative estimate of drug-likeness (QED) is 0.917. The Labute approximate surface area is 124 Å². The van der Waals surface area contributed by atoms with Crippen LogP contribution in [0.3, 0.4) is 0 Å². The number of nitrogens with one attached hydrogen (secondary N) is 1. The molecule has 110 valence electrons. The lowest BCUT2D eigenvalue weighted by atomic mass is 10.1. The lowest BCUT2D eigenvalue weighted by molar-refractivity contribution is 0.0939. The monoisotopic (exact) mass is 285 g/mol. The maximum Gasteiger partial charge on any atom is 0.251 e. The van der Waals surface area contributed by atoms with Crippen LogP contribution < -0.4 is 14.8 Å². The summed E-state index contributed by atoms with van der Waals surface area (Å²) < 4.78 is 10.4. The molecule has 0 aromatic heterocycles. The number of methoxy groups -OCH3 is 2. The maximum absolute atomic E-state index is 12.3. The minimum absolute atomic E-state index is 0.0632. The van der Waals surface area contributed by atoms with Gasteiger partial charge in [0.05, 0.1) is 20.3 Å². The largest absolute Gasteiger partial charge is 0.493 e. The highest BCUT2D eigenvalue weighted by Gasteiger charge is 2.13. The number of rotatable bonds is 5. The van der Waals surface area contributed by atoms with Crippen molar-refractivity contribution in [3.63, 3.8) is 0 Å². The summed E-state index contributed by atoms with van der Waals surface area (Å²) in [7, 11) is 3.11. The lowest BCUT2D eigenvalue weighted by Gasteiger charge is -2.15. The molecule has 0 aliphatic rings. The van der Waals surface area contributed by atoms with Gasteiger partial charge >= 0.3 is 0 Å². The summed E-state index contributed by atoms with van der Waals surface area (Å²) in [6.45, 7) is 1.95. The van der Waals surface area contributed by atoms with Crippen molar-refractivity contribution in [2.24, 2.45) is 0 Å². The number of benzene rings is 2. The summed E-state index contributed by atoms with van der Waals surface area (Å²) in [4.78, 5) is 12.3. The van der Waals surface area contributed by atoms with Crippen LogP contribution in [0.1, 0.15) is 28.9 Å². The van der Waals surface area contributed by atoms with Crippen LogP contribution in [0.15, 0.2) is 48.5 Å². The molecule has 0 spiro atoms. The van der Waals surface area contributed by atoms with Gasteiger partial charge in [0.1, 0.15) is 0 Å². The van der Waals surface area contributed by atoms with Crippen molar-refractivity contribution in [2.75, 3.05) is 14.2 Å². The van der Waals surface area contributed by atoms with Gasteiger partial charge < -0.3 is 14.8 Å². The molecule has 21 heavy (non-hydrogen) atoms. The van der Waals surface area contributed by atoms with Gasteiger partial charge in [0.15, 0.2) is 11.5 Å². The predicted octanol–water partition coefficient (Wildman–Crippen LogP) is 3.19. The molecule has 0 radical (unpaired) electrons. The van der Waals surface area contributed by atoms with Crippen LogP contribution in [0, 0.1) is 0 Å². The molecule has 2 aromatic rings. The molecule has 2 rings (SSSR count). The number of hydrogen-bond acceptors (Lipinski definition) is 3. The first-order valence-electron chi connectivity index (χ1n) is 6.73. The van der Waals surface area contributed by atoms with Crippen LogP contribution in [0.2, 0.25) is 0 Å². The van der Waals surface area contributed by atoms with Gasteiger partial charge in [0, 0.05) is 5.56 Å². The third-order valence-electron chi connectivity index (χ3n) is 3.29. The van der Waals surface area contributed by atoms with E-state index in [-0.39, 0.29) is 11.9 Å². The molecule has 1 amide bonds. The van der Waals surface area contributed by atoms with Gasteiger partial charge in [-0.3, -0.25) is 4.79 Å². The van der Waals surface area contributed by atoms with Crippen molar-refractivity contribution in [3.05, 3.63) is 59.7 Å². The van der Waals surface area contributed by atoms with Crippen molar-refractivity contribution < 1.29 is 14.3 Å². The topological polar surface area (TPSA) is 47.6 Å². The Hall–Kier alpha value is -2.49. The van der Waals surface area contributed by atoms with E-state index in [2.05, 4.69) is 5.32 Å². The molecule has 0 unspecified atom stereocenters. The van der Waals surface area contributed by atoms with E-state index in [1.54, 1.807) is 32.4 Å². The van der Waals surface area contributed by atoms with E-state index in [1.807, 2.05) is 37.3 Å². The van der Waals surface area contributed by atoms with Gasteiger partial charge in [-0.2, -0.15) is 0 Å². The Morgan fingerprint density at radius 3 is 2.29 bits per heavy atom. The Kier molecular flexibility index (Phi) is 4.82. The molecule has 0 saturated carbocycles. The second-order valence-electron chi connectivity index (χ2n) is 4.68. The van der Waals surface area contributed by atoms with Crippen molar-refractivity contribution in [1.29, 1.82) is 0 Å². The number of carbonyl (C=O) groups excluding carboxylic acids is 1. The zero-order valence-electron chi connectivity index (χ0n) is 12.4. The number of amides is 1. The average molecular weight is 285 g/mol. The fourth-order valence-corrected chi connectivity index (χ4v) is 2.08. The Morgan fingerprint density at radius 1 is 1.00 bits per heavy atom. The van der Waals surface area contributed by atoms with Gasteiger partial charge in [-0.1, -0.05) is 30.3 Å². The molecule has 2 aromatic carbocycles. The van der Waals surface area contributed by atoms with E-state index in [0.29, 0.717) is 17.1 Å². The zero-order chi connectivity index (χ0) is 15.2. The highest BCUT2D eigenvalue weighted by Crippen LogP contribution is 2.27. The van der Waals surface area contributed by atoms with Gasteiger partial charge in [-0.15, -0.1) is 0 Å². The molecule has 0 bridgehead atoms. The minimum Gasteiger partial charge on any atom is -0.493 e. The molecule has 1 atom stereocenters. The average Bonchev–Trinajstić information content (AvgIpc) is 2.54. The number of hydrogen-bond donors (Lipinski definition) is 1. The second-order valence-corrected chi connectivity index (χ2v) is 4.68. The maximum atomic E-state index is 12.3. The van der Waals surface area contributed by atoms with E-state index in [4.69, 9.17) is 9.47 Å². The molecule has 0 fully saturated rings. The Bertz CT molecular complexity index is 611. The summed E-state index contributed by atoms with van der Waals surface area (Å²) in [5.74, 6) is 0.995. The molecule has 0 heterocycles. The van der Waals surface area contributed by atoms with Crippen LogP contribution >= 0.6 is 0 Å². The van der Waals surface area contributed by atoms with E-state index >= 15 is 0 Å². The van der Waals surface area contributed by atoms with Gasteiger partial charge in [-0.25, -0.2) is 0 Å². The molecule has 0 saturated heterocycles. The summed E-state index contributed by atoms with van der Waals surface area (Å²) in [5, 5.41) is 2.97. The molecular formula is C17H19NO3. The van der Waals surface area contributed by atoms with Crippen molar-refractivity contribution >= 4 is 5.91 Å². The van der Waals surface area contributed by atoms with Crippen LogP contribution in [0.25, 0.3) is 0 Å². The Morgan fingerprint density at radius 2 is 1.67 bits per heavy atom. The molecule has 1 N–H and O–H groups in total. The molecule has 0 aliphatic heterocycles. The summed E-state index contributed by atoms with van der Waals surface area (Å²) in [5.41, 5.74) is 1.60. The van der Waals surface area contributed by atoms with Crippen LogP contribution in [-0.2, 0) is 0 Å². The van der Waals surface area contributed by atoms with E-state index < -0.39 is 0 Å². The third kappa shape index (κ3) is 3.54. The van der Waals surface area contributed by atoms with Gasteiger partial charge in [0.2, 0.25) is 0 Å². The highest BCUT2D eigenvalue weighted by molar-refractivity contribution is 5.95. The van der Waals surface area contributed by atoms with Crippen LogP contribution in [0.5, 0.6) is 11.5 Å². The van der Waals surface area contributed by atoms with Gasteiger partial charge in [0.25, 0.3) is 5.91 Å². The first-order chi connectivity index (χ1) is 10.2. The highest BCUT2D eigenvalue weighted by atomic mass is 16.5. The fraction of sp³-hybridized carbons (Fsp3) is 0.235. The summed E-state index contributed by atoms with van der Waals surface area (Å²) in [6.07, 6.45) is 0. The number of ether oxygens (including phenoxy) is 2. The second kappa shape index (κ2) is 6.79. The number of carbonyl (C=O) groups is 1. The molecular weight excluding hydrogens is 266 g/mol. The molecule has 4 nitrogen and oxygen atoms in total. The van der Waals surface area contributed by atoms with E-state index in [9.17, 15) is 4.79 Å². The SMILES string of the molecule is COc1ccc(C(=O)N[C@@H](C)c2ccccc2)cc1OC. The predicted molar refractivity (Wildman–Crippen MR) is 81.9 cm³/mol. The normalized spacial score (nSPS) is 11.6. The lowest BCUT2D eigenvalue weighted by Crippen LogP contribution is -2.26. The van der Waals surface area contributed by atoms with Crippen molar-refractivity contribution in [3.8, 4) is 11.5 Å². The first-order valence-corrected chi connectivity index (χ1v) is 6.73. The fourth-order valence-electron chi connectivity index (χ4n) is 2.08. The van der Waals surface area contributed by atoms with E-state index in [1.165, 1.54) is 0 Å². The van der Waals surface area contributed by atoms with Crippen LogP contribution in [0.4, 0.5) is 0 Å². The van der Waals surface area contributed by atoms with Crippen molar-refractivity contribution in [1.82, 2.24) is 5.32 Å². The minimum atomic E-state index is -0.146. The van der Waals surface area contributed by atoms with Crippen LogP contribution in [-0.4, -0.2) is 20.1 Å². The zero-order valence-corrected chi connectivity index (χ0v) is 12.4. The molecule has 0 aliphatic carbocycles. The third-order valence-corrected chi connectivity index (χ3v) is 3.29. The smallest absolute Gasteiger partial charge is 0.251 e. The molecule has 4 heteroatoms. The van der Waals surface area contributed by atoms with Gasteiger partial charge in [-0.05, 0) is 30.7 Å². The standard InChI is InChI=1S/C17H19NO3/c1-12(13-7-5-4-6-8-13)18-17(19)14-9-10-15(20-2)16(11-14)21-3/h4-12H,1-3H3,(H,18,19)/t12-/m0/s1. The first kappa shape index (κ1) is 14.9.